The van der Waals surface area contributed by atoms with E-state index in [1.165, 1.54) is 51.5 Å². The number of hydrogen-bond donors (Lipinski definition) is 1. The second kappa shape index (κ2) is 10.6. The number of hydrogen-bond acceptors (Lipinski definition) is 10. The van der Waals surface area contributed by atoms with E-state index in [4.69, 9.17) is 4.74 Å². The van der Waals surface area contributed by atoms with Crippen molar-refractivity contribution in [2.24, 2.45) is 0 Å². The Morgan fingerprint density at radius 3 is 2.45 bits per heavy atom. The molecule has 3 heterocycles. The predicted molar refractivity (Wildman–Crippen MR) is 145 cm³/mol. The molecule has 1 aliphatic rings. The smallest absolute Gasteiger partial charge is 0.296 e. The van der Waals surface area contributed by atoms with Crippen LogP contribution in [0.25, 0.3) is 0 Å². The Morgan fingerprint density at radius 1 is 1.11 bits per heavy atom. The van der Waals surface area contributed by atoms with Gasteiger partial charge in [-0.2, -0.15) is 0 Å². The van der Waals surface area contributed by atoms with Crippen molar-refractivity contribution in [3.63, 3.8) is 0 Å². The zero-order valence-corrected chi connectivity index (χ0v) is 22.9. The summed E-state index contributed by atoms with van der Waals surface area (Å²) in [7, 11) is 1.54. The molecule has 2 aromatic carbocycles. The van der Waals surface area contributed by atoms with Crippen molar-refractivity contribution in [1.82, 2.24) is 15.2 Å². The van der Waals surface area contributed by atoms with Crippen molar-refractivity contribution in [2.75, 3.05) is 12.0 Å². The number of benzene rings is 2. The fraction of sp³-hybridized carbons (Fsp3) is 0.192. The van der Waals surface area contributed by atoms with Crippen LogP contribution in [0.4, 0.5) is 9.52 Å². The van der Waals surface area contributed by atoms with Gasteiger partial charge < -0.3 is 9.84 Å². The van der Waals surface area contributed by atoms with Crippen LogP contribution >= 0.6 is 34.4 Å². The largest absolute Gasteiger partial charge is 0.503 e. The third-order valence-electron chi connectivity index (χ3n) is 5.87. The maximum Gasteiger partial charge on any atom is 0.296 e. The van der Waals surface area contributed by atoms with E-state index < -0.39 is 23.5 Å². The minimum Gasteiger partial charge on any atom is -0.503 e. The van der Waals surface area contributed by atoms with Crippen molar-refractivity contribution < 1.29 is 23.8 Å². The number of anilines is 1. The van der Waals surface area contributed by atoms with Crippen LogP contribution in [0.5, 0.6) is 5.75 Å². The second-order valence-corrected chi connectivity index (χ2v) is 11.7. The maximum atomic E-state index is 13.7. The third kappa shape index (κ3) is 4.94. The van der Waals surface area contributed by atoms with Gasteiger partial charge in [-0.05, 0) is 49.2 Å². The summed E-state index contributed by atoms with van der Waals surface area (Å²) in [4.78, 5) is 33.1. The average molecular weight is 569 g/mol. The zero-order valence-electron chi connectivity index (χ0n) is 20.5. The molecule has 0 unspecified atom stereocenters. The number of methoxy groups -OCH3 is 1. The number of thiazole rings is 1. The average Bonchev–Trinajstić information content (AvgIpc) is 3.59. The summed E-state index contributed by atoms with van der Waals surface area (Å²) >= 11 is 3.77. The topological polar surface area (TPSA) is 106 Å². The number of aliphatic hydroxyl groups is 1. The lowest BCUT2D eigenvalue weighted by Crippen LogP contribution is -2.31. The Balaban J connectivity index is 1.50. The van der Waals surface area contributed by atoms with E-state index >= 15 is 0 Å². The molecule has 38 heavy (non-hydrogen) atoms. The minimum absolute atomic E-state index is 0.0392. The lowest BCUT2D eigenvalue weighted by Gasteiger charge is -2.24. The Bertz CT molecular complexity index is 1550. The first-order valence-electron chi connectivity index (χ1n) is 11.4. The molecular weight excluding hydrogens is 548 g/mol. The Morgan fingerprint density at radius 2 is 1.82 bits per heavy atom. The number of rotatable bonds is 8. The molecule has 12 heteroatoms. The van der Waals surface area contributed by atoms with Crippen molar-refractivity contribution in [2.45, 2.75) is 30.0 Å². The highest BCUT2D eigenvalue weighted by atomic mass is 32.2. The third-order valence-corrected chi connectivity index (χ3v) is 9.07. The standard InChI is InChI=1S/C26H21FN4O4S3/c1-13-23(37-14(2)28-13)21(32)19-20(16-6-10-18(35-3)11-7-16)31(24(34)22(19)33)25-29-30-26(38-25)36-12-15-4-8-17(27)9-5-15/h4-11,20,33H,12H2,1-3H3/t20-/m0/s1. The number of Topliss-reactive ketones (excluding diaryl/α,β-unsaturated/α-hetero) is 1. The summed E-state index contributed by atoms with van der Waals surface area (Å²) < 4.78 is 19.1. The molecule has 5 rings (SSSR count). The Kier molecular flexibility index (Phi) is 7.28. The predicted octanol–water partition coefficient (Wildman–Crippen LogP) is 5.83. The molecule has 1 aliphatic heterocycles. The number of carbonyl (C=O) groups is 2. The summed E-state index contributed by atoms with van der Waals surface area (Å²) in [5.41, 5.74) is 2.00. The number of carbonyl (C=O) groups excluding carboxylic acids is 2. The molecule has 194 valence electrons. The van der Waals surface area contributed by atoms with Crippen molar-refractivity contribution >= 4 is 51.3 Å². The number of ether oxygens (including phenoxy) is 1. The van der Waals surface area contributed by atoms with E-state index in [2.05, 4.69) is 15.2 Å². The Hall–Kier alpha value is -3.61. The summed E-state index contributed by atoms with van der Waals surface area (Å²) in [6, 6.07) is 12.2. The monoisotopic (exact) mass is 568 g/mol. The van der Waals surface area contributed by atoms with Crippen LogP contribution in [0.3, 0.4) is 0 Å². The van der Waals surface area contributed by atoms with Crippen LogP contribution in [0, 0.1) is 19.7 Å². The van der Waals surface area contributed by atoms with Gasteiger partial charge in [0.05, 0.1) is 34.3 Å². The number of nitrogens with zero attached hydrogens (tertiary/aromatic N) is 4. The molecule has 0 fully saturated rings. The van der Waals surface area contributed by atoms with Crippen LogP contribution in [0.15, 0.2) is 64.2 Å². The van der Waals surface area contributed by atoms with Gasteiger partial charge in [-0.25, -0.2) is 9.37 Å². The molecule has 0 aliphatic carbocycles. The Labute approximate surface area is 229 Å². The molecule has 0 radical (unpaired) electrons. The fourth-order valence-corrected chi connectivity index (χ4v) is 6.78. The van der Waals surface area contributed by atoms with E-state index in [0.29, 0.717) is 37.0 Å². The van der Waals surface area contributed by atoms with Gasteiger partial charge in [0, 0.05) is 5.75 Å². The van der Waals surface area contributed by atoms with Crippen LogP contribution in [-0.4, -0.2) is 39.1 Å². The fourth-order valence-electron chi connectivity index (χ4n) is 4.08. The normalized spacial score (nSPS) is 15.4. The van der Waals surface area contributed by atoms with Crippen LogP contribution in [0.1, 0.15) is 37.5 Å². The molecule has 8 nitrogen and oxygen atoms in total. The van der Waals surface area contributed by atoms with Gasteiger partial charge in [-0.3, -0.25) is 14.5 Å². The number of amides is 1. The first-order chi connectivity index (χ1) is 18.3. The summed E-state index contributed by atoms with van der Waals surface area (Å²) in [6.07, 6.45) is 0. The SMILES string of the molecule is COc1ccc([C@H]2C(C(=O)c3sc(C)nc3C)=C(O)C(=O)N2c2nnc(SCc3ccc(F)cc3)s2)cc1. The van der Waals surface area contributed by atoms with Gasteiger partial charge in [0.2, 0.25) is 10.9 Å². The highest BCUT2D eigenvalue weighted by molar-refractivity contribution is 8.00. The van der Waals surface area contributed by atoms with Gasteiger partial charge in [-0.1, -0.05) is 47.4 Å². The minimum atomic E-state index is -0.925. The molecule has 0 saturated carbocycles. The number of aliphatic hydroxyl groups excluding tert-OH is 1. The molecule has 0 spiro atoms. The molecule has 0 saturated heterocycles. The number of aromatic nitrogens is 3. The lowest BCUT2D eigenvalue weighted by atomic mass is 9.95. The van der Waals surface area contributed by atoms with Gasteiger partial charge in [0.15, 0.2) is 10.1 Å². The van der Waals surface area contributed by atoms with Crippen LogP contribution in [-0.2, 0) is 10.5 Å². The van der Waals surface area contributed by atoms with Crippen LogP contribution in [0.2, 0.25) is 0 Å². The van der Waals surface area contributed by atoms with Crippen molar-refractivity contribution in [1.29, 1.82) is 0 Å². The van der Waals surface area contributed by atoms with Gasteiger partial charge in [-0.15, -0.1) is 21.5 Å². The molecule has 1 amide bonds. The maximum absolute atomic E-state index is 13.7. The highest BCUT2D eigenvalue weighted by Crippen LogP contribution is 2.44. The molecule has 1 N–H and O–H groups in total. The van der Waals surface area contributed by atoms with E-state index in [0.717, 1.165) is 5.56 Å². The quantitative estimate of drug-likeness (QED) is 0.161. The van der Waals surface area contributed by atoms with E-state index in [1.807, 2.05) is 0 Å². The summed E-state index contributed by atoms with van der Waals surface area (Å²) in [5, 5.41) is 20.3. The number of halogens is 1. The van der Waals surface area contributed by atoms with E-state index in [9.17, 15) is 19.1 Å². The molecule has 1 atom stereocenters. The van der Waals surface area contributed by atoms with Gasteiger partial charge >= 0.3 is 0 Å². The first kappa shape index (κ1) is 26.0. The number of aryl methyl sites for hydroxylation is 2. The van der Waals surface area contributed by atoms with Crippen LogP contribution < -0.4 is 9.64 Å². The molecule has 4 aromatic rings. The second-order valence-electron chi connectivity index (χ2n) is 8.36. The van der Waals surface area contributed by atoms with Gasteiger partial charge in [0.25, 0.3) is 5.91 Å². The van der Waals surface area contributed by atoms with Gasteiger partial charge in [0.1, 0.15) is 11.6 Å². The molecule has 2 aromatic heterocycles. The summed E-state index contributed by atoms with van der Waals surface area (Å²) in [6.45, 7) is 3.52. The summed E-state index contributed by atoms with van der Waals surface area (Å²) in [5.74, 6) is -0.999. The number of ketones is 1. The molecular formula is C26H21FN4O4S3. The first-order valence-corrected chi connectivity index (χ1v) is 14.0. The zero-order chi connectivity index (χ0) is 27.0. The van der Waals surface area contributed by atoms with Crippen molar-refractivity contribution in [3.05, 3.63) is 92.4 Å². The number of thioether (sulfide) groups is 1. The van der Waals surface area contributed by atoms with E-state index in [-0.39, 0.29) is 16.5 Å². The highest BCUT2D eigenvalue weighted by Gasteiger charge is 2.46. The lowest BCUT2D eigenvalue weighted by molar-refractivity contribution is -0.117. The molecule has 0 bridgehead atoms. The van der Waals surface area contributed by atoms with Crippen molar-refractivity contribution in [3.8, 4) is 5.75 Å². The van der Waals surface area contributed by atoms with E-state index in [1.54, 1.807) is 57.4 Å².